The van der Waals surface area contributed by atoms with Gasteiger partial charge in [-0.25, -0.2) is 14.1 Å². The SMILES string of the molecule is CCOc1ncnc2c1nnn2Cc1ccc(F)cc1. The molecule has 0 spiro atoms. The van der Waals surface area contributed by atoms with Crippen LogP contribution < -0.4 is 4.74 Å². The maximum Gasteiger partial charge on any atom is 0.247 e. The van der Waals surface area contributed by atoms with E-state index in [4.69, 9.17) is 4.74 Å². The van der Waals surface area contributed by atoms with E-state index in [-0.39, 0.29) is 5.82 Å². The monoisotopic (exact) mass is 273 g/mol. The summed E-state index contributed by atoms with van der Waals surface area (Å²) in [6.07, 6.45) is 1.41. The van der Waals surface area contributed by atoms with Crippen LogP contribution in [0.1, 0.15) is 12.5 Å². The van der Waals surface area contributed by atoms with Crippen LogP contribution in [0, 0.1) is 5.82 Å². The van der Waals surface area contributed by atoms with Crippen LogP contribution in [0.5, 0.6) is 5.88 Å². The van der Waals surface area contributed by atoms with Crippen LogP contribution in [0.2, 0.25) is 0 Å². The molecule has 0 aliphatic carbocycles. The predicted molar refractivity (Wildman–Crippen MR) is 69.8 cm³/mol. The molecule has 0 unspecified atom stereocenters. The molecular weight excluding hydrogens is 261 g/mol. The van der Waals surface area contributed by atoms with Gasteiger partial charge in [-0.1, -0.05) is 17.3 Å². The number of fused-ring (bicyclic) bond motifs is 1. The van der Waals surface area contributed by atoms with Gasteiger partial charge in [0.2, 0.25) is 5.88 Å². The average molecular weight is 273 g/mol. The number of rotatable bonds is 4. The van der Waals surface area contributed by atoms with Crippen molar-refractivity contribution >= 4 is 11.2 Å². The van der Waals surface area contributed by atoms with Gasteiger partial charge in [0.25, 0.3) is 0 Å². The number of aromatic nitrogens is 5. The Hall–Kier alpha value is -2.57. The molecule has 7 heteroatoms. The lowest BCUT2D eigenvalue weighted by Gasteiger charge is -2.03. The number of halogens is 1. The smallest absolute Gasteiger partial charge is 0.247 e. The van der Waals surface area contributed by atoms with Gasteiger partial charge in [0.15, 0.2) is 11.2 Å². The highest BCUT2D eigenvalue weighted by Crippen LogP contribution is 2.18. The molecule has 2 aromatic heterocycles. The number of hydrogen-bond acceptors (Lipinski definition) is 5. The van der Waals surface area contributed by atoms with E-state index in [1.54, 1.807) is 16.8 Å². The first-order valence-electron chi connectivity index (χ1n) is 6.19. The molecule has 20 heavy (non-hydrogen) atoms. The molecule has 3 rings (SSSR count). The highest BCUT2D eigenvalue weighted by molar-refractivity contribution is 5.74. The summed E-state index contributed by atoms with van der Waals surface area (Å²) in [4.78, 5) is 8.20. The van der Waals surface area contributed by atoms with Gasteiger partial charge in [-0.05, 0) is 24.6 Å². The molecule has 2 heterocycles. The zero-order chi connectivity index (χ0) is 13.9. The predicted octanol–water partition coefficient (Wildman–Crippen LogP) is 1.81. The summed E-state index contributed by atoms with van der Waals surface area (Å²) in [6, 6.07) is 6.23. The molecule has 3 aromatic rings. The number of benzene rings is 1. The van der Waals surface area contributed by atoms with Crippen molar-refractivity contribution in [2.45, 2.75) is 13.5 Å². The van der Waals surface area contributed by atoms with Crippen molar-refractivity contribution in [1.82, 2.24) is 25.0 Å². The minimum absolute atomic E-state index is 0.266. The van der Waals surface area contributed by atoms with E-state index in [0.717, 1.165) is 5.56 Å². The summed E-state index contributed by atoms with van der Waals surface area (Å²) >= 11 is 0. The molecule has 0 radical (unpaired) electrons. The first-order valence-corrected chi connectivity index (χ1v) is 6.19. The summed E-state index contributed by atoms with van der Waals surface area (Å²) in [6.45, 7) is 2.83. The van der Waals surface area contributed by atoms with Crippen LogP contribution in [0.3, 0.4) is 0 Å². The van der Waals surface area contributed by atoms with Crippen molar-refractivity contribution in [3.05, 3.63) is 42.0 Å². The summed E-state index contributed by atoms with van der Waals surface area (Å²) in [7, 11) is 0. The van der Waals surface area contributed by atoms with Gasteiger partial charge in [0.1, 0.15) is 12.1 Å². The lowest BCUT2D eigenvalue weighted by Crippen LogP contribution is -2.03. The van der Waals surface area contributed by atoms with Gasteiger partial charge in [0, 0.05) is 0 Å². The fourth-order valence-corrected chi connectivity index (χ4v) is 1.88. The van der Waals surface area contributed by atoms with E-state index in [1.807, 2.05) is 6.92 Å². The van der Waals surface area contributed by atoms with Gasteiger partial charge in [-0.2, -0.15) is 4.98 Å². The molecule has 0 amide bonds. The Bertz CT molecular complexity index is 725. The summed E-state index contributed by atoms with van der Waals surface area (Å²) in [5.41, 5.74) is 2.03. The first-order chi connectivity index (χ1) is 9.78. The van der Waals surface area contributed by atoms with Gasteiger partial charge in [-0.3, -0.25) is 0 Å². The highest BCUT2D eigenvalue weighted by Gasteiger charge is 2.12. The Labute approximate surface area is 114 Å². The Morgan fingerprint density at radius 1 is 1.20 bits per heavy atom. The molecule has 1 aromatic carbocycles. The van der Waals surface area contributed by atoms with E-state index in [0.29, 0.717) is 30.2 Å². The van der Waals surface area contributed by atoms with Crippen LogP contribution >= 0.6 is 0 Å². The fourth-order valence-electron chi connectivity index (χ4n) is 1.88. The topological polar surface area (TPSA) is 65.7 Å². The van der Waals surface area contributed by atoms with E-state index >= 15 is 0 Å². The van der Waals surface area contributed by atoms with E-state index < -0.39 is 0 Å². The van der Waals surface area contributed by atoms with Crippen molar-refractivity contribution in [1.29, 1.82) is 0 Å². The molecule has 0 bridgehead atoms. The van der Waals surface area contributed by atoms with Crippen LogP contribution in [0.25, 0.3) is 11.2 Å². The molecule has 0 atom stereocenters. The summed E-state index contributed by atoms with van der Waals surface area (Å²) in [5.74, 6) is 0.154. The van der Waals surface area contributed by atoms with Crippen molar-refractivity contribution in [2.24, 2.45) is 0 Å². The van der Waals surface area contributed by atoms with Crippen molar-refractivity contribution in [3.63, 3.8) is 0 Å². The minimum atomic E-state index is -0.266. The Kier molecular flexibility index (Phi) is 3.24. The van der Waals surface area contributed by atoms with Gasteiger partial charge >= 0.3 is 0 Å². The van der Waals surface area contributed by atoms with E-state index in [1.165, 1.54) is 18.5 Å². The van der Waals surface area contributed by atoms with Crippen LogP contribution in [0.15, 0.2) is 30.6 Å². The van der Waals surface area contributed by atoms with Crippen molar-refractivity contribution in [2.75, 3.05) is 6.61 Å². The first kappa shape index (κ1) is 12.5. The summed E-state index contributed by atoms with van der Waals surface area (Å²) in [5, 5.41) is 8.09. The quantitative estimate of drug-likeness (QED) is 0.725. The zero-order valence-electron chi connectivity index (χ0n) is 10.8. The second-order valence-corrected chi connectivity index (χ2v) is 4.16. The van der Waals surface area contributed by atoms with Gasteiger partial charge in [-0.15, -0.1) is 5.10 Å². The molecule has 0 saturated heterocycles. The van der Waals surface area contributed by atoms with Crippen LogP contribution in [-0.4, -0.2) is 31.6 Å². The Morgan fingerprint density at radius 3 is 2.75 bits per heavy atom. The van der Waals surface area contributed by atoms with E-state index in [2.05, 4.69) is 20.3 Å². The normalized spacial score (nSPS) is 10.9. The van der Waals surface area contributed by atoms with Crippen molar-refractivity contribution < 1.29 is 9.13 Å². The summed E-state index contributed by atoms with van der Waals surface area (Å²) < 4.78 is 19.9. The van der Waals surface area contributed by atoms with Crippen LogP contribution in [0.4, 0.5) is 4.39 Å². The molecular formula is C13H12FN5O. The maximum atomic E-state index is 12.9. The third kappa shape index (κ3) is 2.29. The molecule has 6 nitrogen and oxygen atoms in total. The number of nitrogens with zero attached hydrogens (tertiary/aromatic N) is 5. The number of ether oxygens (including phenoxy) is 1. The maximum absolute atomic E-state index is 12.9. The lowest BCUT2D eigenvalue weighted by atomic mass is 10.2. The molecule has 0 N–H and O–H groups in total. The molecule has 0 fully saturated rings. The highest BCUT2D eigenvalue weighted by atomic mass is 19.1. The molecule has 0 aliphatic heterocycles. The molecule has 0 aliphatic rings. The average Bonchev–Trinajstić information content (AvgIpc) is 2.86. The zero-order valence-corrected chi connectivity index (χ0v) is 10.8. The van der Waals surface area contributed by atoms with Crippen molar-refractivity contribution in [3.8, 4) is 5.88 Å². The standard InChI is InChI=1S/C13H12FN5O/c1-2-20-13-11-12(15-8-16-13)19(18-17-11)7-9-3-5-10(14)6-4-9/h3-6,8H,2,7H2,1H3. The van der Waals surface area contributed by atoms with Crippen LogP contribution in [-0.2, 0) is 6.54 Å². The third-order valence-corrected chi connectivity index (χ3v) is 2.79. The number of hydrogen-bond donors (Lipinski definition) is 0. The van der Waals surface area contributed by atoms with E-state index in [9.17, 15) is 4.39 Å². The van der Waals surface area contributed by atoms with Gasteiger partial charge in [0.05, 0.1) is 13.2 Å². The molecule has 102 valence electrons. The largest absolute Gasteiger partial charge is 0.476 e. The third-order valence-electron chi connectivity index (χ3n) is 2.79. The molecule has 0 saturated carbocycles. The Balaban J connectivity index is 1.96. The lowest BCUT2D eigenvalue weighted by molar-refractivity contribution is 0.330. The van der Waals surface area contributed by atoms with Gasteiger partial charge < -0.3 is 4.74 Å². The second-order valence-electron chi connectivity index (χ2n) is 4.16. The Morgan fingerprint density at radius 2 is 2.00 bits per heavy atom. The second kappa shape index (κ2) is 5.20. The fraction of sp³-hybridized carbons (Fsp3) is 0.231. The minimum Gasteiger partial charge on any atom is -0.476 e.